The maximum atomic E-state index is 12.3. The van der Waals surface area contributed by atoms with Crippen LogP contribution in [0.15, 0.2) is 23.1 Å². The summed E-state index contributed by atoms with van der Waals surface area (Å²) in [6, 6.07) is 4.77. The maximum Gasteiger partial charge on any atom is 0.240 e. The number of hydrogen-bond donors (Lipinski definition) is 2. The lowest BCUT2D eigenvalue weighted by molar-refractivity contribution is 0.305. The molecule has 0 fully saturated rings. The number of rotatable bonds is 6. The van der Waals surface area contributed by atoms with Crippen LogP contribution in [0.1, 0.15) is 24.5 Å². The van der Waals surface area contributed by atoms with E-state index < -0.39 is 10.0 Å². The average Bonchev–Trinajstić information content (AvgIpc) is 2.40. The molecule has 1 aromatic rings. The SMILES string of the molecule is CSCC(C)NS(=O)(=O)c1ccc(C#CCCO)c(C)c1. The summed E-state index contributed by atoms with van der Waals surface area (Å²) < 4.78 is 27.2. The van der Waals surface area contributed by atoms with Crippen LogP contribution in [0.3, 0.4) is 0 Å². The van der Waals surface area contributed by atoms with Gasteiger partial charge in [0, 0.05) is 23.8 Å². The van der Waals surface area contributed by atoms with Crippen LogP contribution in [0, 0.1) is 18.8 Å². The second-order valence-corrected chi connectivity index (χ2v) is 7.35. The molecular weight excluding hydrogens is 306 g/mol. The minimum atomic E-state index is -3.50. The number of sulfonamides is 1. The molecule has 0 aliphatic heterocycles. The minimum absolute atomic E-state index is 0.0236. The summed E-state index contributed by atoms with van der Waals surface area (Å²) in [6.07, 6.45) is 2.35. The predicted octanol–water partition coefficient (Wildman–Crippen LogP) is 1.76. The Balaban J connectivity index is 2.95. The molecule has 0 saturated carbocycles. The third kappa shape index (κ3) is 5.71. The van der Waals surface area contributed by atoms with Gasteiger partial charge < -0.3 is 5.11 Å². The van der Waals surface area contributed by atoms with Crippen molar-refractivity contribution in [2.45, 2.75) is 31.2 Å². The van der Waals surface area contributed by atoms with Gasteiger partial charge in [0.1, 0.15) is 0 Å². The summed E-state index contributed by atoms with van der Waals surface area (Å²) in [4.78, 5) is 0.251. The Morgan fingerprint density at radius 1 is 1.43 bits per heavy atom. The van der Waals surface area contributed by atoms with E-state index in [2.05, 4.69) is 16.6 Å². The molecule has 21 heavy (non-hydrogen) atoms. The van der Waals surface area contributed by atoms with Gasteiger partial charge in [0.2, 0.25) is 10.0 Å². The highest BCUT2D eigenvalue weighted by Crippen LogP contribution is 2.15. The first-order chi connectivity index (χ1) is 9.90. The number of thioether (sulfide) groups is 1. The first-order valence-corrected chi connectivity index (χ1v) is 9.50. The fourth-order valence-electron chi connectivity index (χ4n) is 1.77. The van der Waals surface area contributed by atoms with Crippen LogP contribution in [0.5, 0.6) is 0 Å². The summed E-state index contributed by atoms with van der Waals surface area (Å²) in [5.74, 6) is 6.48. The van der Waals surface area contributed by atoms with E-state index >= 15 is 0 Å². The van der Waals surface area contributed by atoms with E-state index in [0.717, 1.165) is 16.9 Å². The summed E-state index contributed by atoms with van der Waals surface area (Å²) in [5, 5.41) is 8.70. The lowest BCUT2D eigenvalue weighted by Gasteiger charge is -2.13. The third-order valence-corrected chi connectivity index (χ3v) is 5.16. The molecule has 0 spiro atoms. The maximum absolute atomic E-state index is 12.3. The Kier molecular flexibility index (Phi) is 7.26. The van der Waals surface area contributed by atoms with Crippen molar-refractivity contribution in [1.82, 2.24) is 4.72 Å². The highest BCUT2D eigenvalue weighted by Gasteiger charge is 2.17. The van der Waals surface area contributed by atoms with Crippen LogP contribution < -0.4 is 4.72 Å². The highest BCUT2D eigenvalue weighted by atomic mass is 32.2. The Bertz CT molecular complexity index is 630. The fraction of sp³-hybridized carbons (Fsp3) is 0.467. The first kappa shape index (κ1) is 18.1. The molecule has 116 valence electrons. The second kappa shape index (κ2) is 8.44. The molecule has 1 unspecified atom stereocenters. The monoisotopic (exact) mass is 327 g/mol. The van der Waals surface area contributed by atoms with E-state index in [0.29, 0.717) is 6.42 Å². The van der Waals surface area contributed by atoms with Crippen LogP contribution in [-0.2, 0) is 10.0 Å². The van der Waals surface area contributed by atoms with Gasteiger partial charge in [-0.05, 0) is 43.9 Å². The van der Waals surface area contributed by atoms with Gasteiger partial charge in [0.15, 0.2) is 0 Å². The highest BCUT2D eigenvalue weighted by molar-refractivity contribution is 7.98. The summed E-state index contributed by atoms with van der Waals surface area (Å²) in [7, 11) is -3.50. The molecule has 0 aliphatic carbocycles. The number of aryl methyl sites for hydroxylation is 1. The number of hydrogen-bond acceptors (Lipinski definition) is 4. The van der Waals surface area contributed by atoms with Crippen molar-refractivity contribution in [1.29, 1.82) is 0 Å². The van der Waals surface area contributed by atoms with Gasteiger partial charge in [-0.25, -0.2) is 13.1 Å². The predicted molar refractivity (Wildman–Crippen MR) is 87.9 cm³/mol. The zero-order valence-electron chi connectivity index (χ0n) is 12.5. The summed E-state index contributed by atoms with van der Waals surface area (Å²) in [5.41, 5.74) is 1.58. The summed E-state index contributed by atoms with van der Waals surface area (Å²) in [6.45, 7) is 3.69. The molecule has 0 heterocycles. The standard InChI is InChI=1S/C15H21NO3S2/c1-12-10-15(8-7-14(12)6-4-5-9-17)21(18,19)16-13(2)11-20-3/h7-8,10,13,16-17H,5,9,11H2,1-3H3. The van der Waals surface area contributed by atoms with E-state index in [1.165, 1.54) is 0 Å². The van der Waals surface area contributed by atoms with E-state index in [1.54, 1.807) is 30.0 Å². The molecule has 1 rings (SSSR count). The normalized spacial score (nSPS) is 12.6. The van der Waals surface area contributed by atoms with Crippen molar-refractivity contribution in [3.05, 3.63) is 29.3 Å². The first-order valence-electron chi connectivity index (χ1n) is 6.62. The fourth-order valence-corrected chi connectivity index (χ4v) is 3.79. The smallest absolute Gasteiger partial charge is 0.240 e. The van der Waals surface area contributed by atoms with E-state index in [-0.39, 0.29) is 17.5 Å². The van der Waals surface area contributed by atoms with Crippen molar-refractivity contribution >= 4 is 21.8 Å². The minimum Gasteiger partial charge on any atom is -0.395 e. The molecular formula is C15H21NO3S2. The van der Waals surface area contributed by atoms with Crippen molar-refractivity contribution in [2.75, 3.05) is 18.6 Å². The molecule has 4 nitrogen and oxygen atoms in total. The van der Waals surface area contributed by atoms with E-state index in [9.17, 15) is 8.42 Å². The number of benzene rings is 1. The third-order valence-electron chi connectivity index (χ3n) is 2.74. The Hall–Kier alpha value is -1.00. The molecule has 0 radical (unpaired) electrons. The van der Waals surface area contributed by atoms with Crippen LogP contribution in [0.2, 0.25) is 0 Å². The molecule has 0 aromatic heterocycles. The second-order valence-electron chi connectivity index (χ2n) is 4.73. The number of aliphatic hydroxyl groups is 1. The Labute approximate surface area is 131 Å². The Morgan fingerprint density at radius 3 is 2.71 bits per heavy atom. The quantitative estimate of drug-likeness (QED) is 0.781. The molecule has 6 heteroatoms. The number of nitrogens with one attached hydrogen (secondary N) is 1. The van der Waals surface area contributed by atoms with E-state index in [4.69, 9.17) is 5.11 Å². The van der Waals surface area contributed by atoms with Gasteiger partial charge in [-0.3, -0.25) is 0 Å². The number of aliphatic hydroxyl groups excluding tert-OH is 1. The molecule has 0 amide bonds. The van der Waals surface area contributed by atoms with Crippen LogP contribution in [0.4, 0.5) is 0 Å². The van der Waals surface area contributed by atoms with Gasteiger partial charge >= 0.3 is 0 Å². The van der Waals surface area contributed by atoms with Gasteiger partial charge in [0.25, 0.3) is 0 Å². The van der Waals surface area contributed by atoms with Gasteiger partial charge in [0.05, 0.1) is 11.5 Å². The topological polar surface area (TPSA) is 66.4 Å². The molecule has 0 bridgehead atoms. The van der Waals surface area contributed by atoms with Crippen molar-refractivity contribution in [3.63, 3.8) is 0 Å². The molecule has 1 aromatic carbocycles. The largest absolute Gasteiger partial charge is 0.395 e. The van der Waals surface area contributed by atoms with E-state index in [1.807, 2.05) is 20.1 Å². The molecule has 0 aliphatic rings. The van der Waals surface area contributed by atoms with Gasteiger partial charge in [-0.1, -0.05) is 11.8 Å². The molecule has 2 N–H and O–H groups in total. The van der Waals surface area contributed by atoms with Crippen LogP contribution >= 0.6 is 11.8 Å². The van der Waals surface area contributed by atoms with Crippen molar-refractivity contribution < 1.29 is 13.5 Å². The van der Waals surface area contributed by atoms with Crippen LogP contribution in [-0.4, -0.2) is 38.2 Å². The van der Waals surface area contributed by atoms with Gasteiger partial charge in [-0.2, -0.15) is 11.8 Å². The van der Waals surface area contributed by atoms with Gasteiger partial charge in [-0.15, -0.1) is 0 Å². The molecule has 0 saturated heterocycles. The Morgan fingerprint density at radius 2 is 2.14 bits per heavy atom. The summed E-state index contributed by atoms with van der Waals surface area (Å²) >= 11 is 1.60. The van der Waals surface area contributed by atoms with Crippen molar-refractivity contribution in [2.24, 2.45) is 0 Å². The lowest BCUT2D eigenvalue weighted by atomic mass is 10.1. The zero-order chi connectivity index (χ0) is 15.9. The van der Waals surface area contributed by atoms with Crippen LogP contribution in [0.25, 0.3) is 0 Å². The average molecular weight is 327 g/mol. The lowest BCUT2D eigenvalue weighted by Crippen LogP contribution is -2.34. The molecule has 1 atom stereocenters. The van der Waals surface area contributed by atoms with Crippen molar-refractivity contribution in [3.8, 4) is 11.8 Å². The zero-order valence-corrected chi connectivity index (χ0v) is 14.1.